The highest BCUT2D eigenvalue weighted by Crippen LogP contribution is 2.39. The molecule has 1 aliphatic carbocycles. The molecular weight excluding hydrogens is 261 g/mol. The Balaban J connectivity index is 2.20. The predicted octanol–water partition coefficient (Wildman–Crippen LogP) is 4.91. The second-order valence-corrected chi connectivity index (χ2v) is 7.20. The van der Waals surface area contributed by atoms with Crippen LogP contribution in [0.1, 0.15) is 58.4 Å². The number of benzene rings is 1. The number of nitrogens with one attached hydrogen (secondary N) is 1. The zero-order chi connectivity index (χ0) is 15.5. The molecule has 21 heavy (non-hydrogen) atoms. The van der Waals surface area contributed by atoms with Gasteiger partial charge in [0.05, 0.1) is 0 Å². The van der Waals surface area contributed by atoms with Gasteiger partial charge in [-0.3, -0.25) is 0 Å². The van der Waals surface area contributed by atoms with Gasteiger partial charge in [-0.25, -0.2) is 4.39 Å². The average Bonchev–Trinajstić information content (AvgIpc) is 2.48. The molecule has 1 fully saturated rings. The molecule has 1 saturated carbocycles. The second-order valence-electron chi connectivity index (χ2n) is 7.20. The molecule has 0 bridgehead atoms. The van der Waals surface area contributed by atoms with E-state index in [0.29, 0.717) is 12.0 Å². The monoisotopic (exact) mass is 291 g/mol. The molecule has 118 valence electrons. The highest BCUT2D eigenvalue weighted by molar-refractivity contribution is 5.27. The van der Waals surface area contributed by atoms with Gasteiger partial charge in [0.1, 0.15) is 5.82 Å². The molecule has 1 nitrogen and oxygen atoms in total. The normalized spacial score (nSPS) is 24.8. The van der Waals surface area contributed by atoms with Crippen molar-refractivity contribution in [3.63, 3.8) is 0 Å². The van der Waals surface area contributed by atoms with Gasteiger partial charge in [0.15, 0.2) is 0 Å². The van der Waals surface area contributed by atoms with E-state index in [0.717, 1.165) is 5.92 Å². The summed E-state index contributed by atoms with van der Waals surface area (Å²) in [5.74, 6) is 1.44. The van der Waals surface area contributed by atoms with Gasteiger partial charge in [0, 0.05) is 11.5 Å². The predicted molar refractivity (Wildman–Crippen MR) is 88.0 cm³/mol. The second kappa shape index (κ2) is 6.91. The van der Waals surface area contributed by atoms with Crippen molar-refractivity contribution in [3.8, 4) is 0 Å². The van der Waals surface area contributed by atoms with Crippen molar-refractivity contribution in [3.05, 3.63) is 35.6 Å². The van der Waals surface area contributed by atoms with Gasteiger partial charge in [0.25, 0.3) is 0 Å². The van der Waals surface area contributed by atoms with Crippen molar-refractivity contribution >= 4 is 0 Å². The summed E-state index contributed by atoms with van der Waals surface area (Å²) in [5, 5.41) is 3.58. The first-order chi connectivity index (χ1) is 9.98. The smallest absolute Gasteiger partial charge is 0.123 e. The van der Waals surface area contributed by atoms with E-state index in [9.17, 15) is 4.39 Å². The Bertz CT molecular complexity index is 437. The summed E-state index contributed by atoms with van der Waals surface area (Å²) in [4.78, 5) is 0. The molecule has 1 aliphatic rings. The van der Waals surface area contributed by atoms with E-state index < -0.39 is 0 Å². The average molecular weight is 291 g/mol. The minimum Gasteiger partial charge on any atom is -0.316 e. The fraction of sp³-hybridized carbons (Fsp3) is 0.684. The van der Waals surface area contributed by atoms with Gasteiger partial charge < -0.3 is 5.32 Å². The molecule has 0 radical (unpaired) electrons. The van der Waals surface area contributed by atoms with Gasteiger partial charge in [0.2, 0.25) is 0 Å². The summed E-state index contributed by atoms with van der Waals surface area (Å²) in [6, 6.07) is 7.50. The van der Waals surface area contributed by atoms with Crippen LogP contribution in [0.5, 0.6) is 0 Å². The standard InChI is InChI=1S/C19H30FN/c1-5-14-7-6-8-15(13-14)18(21-4)19(2,3)16-9-11-17(20)12-10-16/h9-12,14-15,18,21H,5-8,13H2,1-4H3. The summed E-state index contributed by atoms with van der Waals surface area (Å²) < 4.78 is 13.2. The molecule has 0 aliphatic heterocycles. The van der Waals surface area contributed by atoms with Gasteiger partial charge in [-0.15, -0.1) is 0 Å². The van der Waals surface area contributed by atoms with Crippen LogP contribution in [-0.2, 0) is 5.41 Å². The van der Waals surface area contributed by atoms with Gasteiger partial charge in [-0.2, -0.15) is 0 Å². The van der Waals surface area contributed by atoms with Crippen molar-refractivity contribution in [1.29, 1.82) is 0 Å². The summed E-state index contributed by atoms with van der Waals surface area (Å²) in [5.41, 5.74) is 1.24. The maximum absolute atomic E-state index is 13.2. The molecule has 0 saturated heterocycles. The van der Waals surface area contributed by atoms with Crippen LogP contribution in [0.2, 0.25) is 0 Å². The SMILES string of the molecule is CCC1CCCC(C(NC)C(C)(C)c2ccc(F)cc2)C1. The minimum absolute atomic E-state index is 0.0166. The summed E-state index contributed by atoms with van der Waals surface area (Å²) in [6.07, 6.45) is 6.67. The van der Waals surface area contributed by atoms with Crippen molar-refractivity contribution in [2.45, 2.75) is 64.3 Å². The Kier molecular flexibility index (Phi) is 5.43. The number of hydrogen-bond acceptors (Lipinski definition) is 1. The van der Waals surface area contributed by atoms with E-state index in [1.807, 2.05) is 12.1 Å². The summed E-state index contributed by atoms with van der Waals surface area (Å²) in [7, 11) is 2.07. The molecule has 3 atom stereocenters. The first-order valence-electron chi connectivity index (χ1n) is 8.42. The van der Waals surface area contributed by atoms with E-state index in [-0.39, 0.29) is 11.2 Å². The van der Waals surface area contributed by atoms with Gasteiger partial charge in [-0.05, 0) is 49.4 Å². The number of hydrogen-bond donors (Lipinski definition) is 1. The Morgan fingerprint density at radius 2 is 1.90 bits per heavy atom. The molecule has 1 N–H and O–H groups in total. The van der Waals surface area contributed by atoms with E-state index in [1.54, 1.807) is 12.1 Å². The van der Waals surface area contributed by atoms with Crippen LogP contribution >= 0.6 is 0 Å². The quantitative estimate of drug-likeness (QED) is 0.813. The maximum Gasteiger partial charge on any atom is 0.123 e. The maximum atomic E-state index is 13.2. The molecule has 0 spiro atoms. The highest BCUT2D eigenvalue weighted by Gasteiger charge is 2.37. The van der Waals surface area contributed by atoms with Gasteiger partial charge in [-0.1, -0.05) is 52.2 Å². The Morgan fingerprint density at radius 3 is 2.48 bits per heavy atom. The molecule has 1 aromatic carbocycles. The van der Waals surface area contributed by atoms with Crippen molar-refractivity contribution in [2.75, 3.05) is 7.05 Å². The number of likely N-dealkylation sites (N-methyl/N-ethyl adjacent to an activating group) is 1. The van der Waals surface area contributed by atoms with Gasteiger partial charge >= 0.3 is 0 Å². The Hall–Kier alpha value is -0.890. The van der Waals surface area contributed by atoms with E-state index in [2.05, 4.69) is 33.1 Å². The fourth-order valence-electron chi connectivity index (χ4n) is 4.25. The van der Waals surface area contributed by atoms with Crippen molar-refractivity contribution in [2.24, 2.45) is 11.8 Å². The molecule has 0 heterocycles. The highest BCUT2D eigenvalue weighted by atomic mass is 19.1. The first kappa shape index (κ1) is 16.5. The molecule has 0 aromatic heterocycles. The first-order valence-corrected chi connectivity index (χ1v) is 8.42. The third-order valence-electron chi connectivity index (χ3n) is 5.55. The van der Waals surface area contributed by atoms with E-state index in [1.165, 1.54) is 37.7 Å². The third kappa shape index (κ3) is 3.66. The van der Waals surface area contributed by atoms with Crippen LogP contribution in [0.25, 0.3) is 0 Å². The number of rotatable bonds is 5. The zero-order valence-corrected chi connectivity index (χ0v) is 14.0. The van der Waals surface area contributed by atoms with Crippen LogP contribution in [-0.4, -0.2) is 13.1 Å². The Morgan fingerprint density at radius 1 is 1.24 bits per heavy atom. The molecule has 2 rings (SSSR count). The molecule has 3 unspecified atom stereocenters. The topological polar surface area (TPSA) is 12.0 Å². The van der Waals surface area contributed by atoms with Crippen molar-refractivity contribution < 1.29 is 4.39 Å². The lowest BCUT2D eigenvalue weighted by molar-refractivity contribution is 0.167. The lowest BCUT2D eigenvalue weighted by Crippen LogP contribution is -2.49. The lowest BCUT2D eigenvalue weighted by atomic mass is 9.66. The van der Waals surface area contributed by atoms with Crippen molar-refractivity contribution in [1.82, 2.24) is 5.32 Å². The Labute approximate surface area is 129 Å². The summed E-state index contributed by atoms with van der Waals surface area (Å²) in [6.45, 7) is 6.89. The molecule has 1 aromatic rings. The zero-order valence-electron chi connectivity index (χ0n) is 14.0. The number of halogens is 1. The van der Waals surface area contributed by atoms with Crippen LogP contribution in [0.4, 0.5) is 4.39 Å². The molecule has 0 amide bonds. The largest absolute Gasteiger partial charge is 0.316 e. The lowest BCUT2D eigenvalue weighted by Gasteiger charge is -2.43. The van der Waals surface area contributed by atoms with E-state index >= 15 is 0 Å². The molecular formula is C19H30FN. The van der Waals surface area contributed by atoms with Crippen LogP contribution < -0.4 is 5.32 Å². The van der Waals surface area contributed by atoms with Crippen LogP contribution in [0, 0.1) is 17.7 Å². The fourth-order valence-corrected chi connectivity index (χ4v) is 4.25. The third-order valence-corrected chi connectivity index (χ3v) is 5.55. The van der Waals surface area contributed by atoms with E-state index in [4.69, 9.17) is 0 Å². The van der Waals surface area contributed by atoms with Crippen LogP contribution in [0.15, 0.2) is 24.3 Å². The van der Waals surface area contributed by atoms with Crippen LogP contribution in [0.3, 0.4) is 0 Å². The molecule has 2 heteroatoms. The summed E-state index contributed by atoms with van der Waals surface area (Å²) >= 11 is 0. The minimum atomic E-state index is -0.153.